The Labute approximate surface area is 146 Å². The molecule has 6 nitrogen and oxygen atoms in total. The molecule has 24 heavy (non-hydrogen) atoms. The molecule has 1 aliphatic heterocycles. The molecule has 1 aromatic heterocycles. The maximum absolute atomic E-state index is 12.3. The average Bonchev–Trinajstić information content (AvgIpc) is 2.87. The van der Waals surface area contributed by atoms with Crippen LogP contribution in [0.4, 0.5) is 5.69 Å². The fraction of sp³-hybridized carbons (Fsp3) is 0.412. The maximum Gasteiger partial charge on any atom is 0.238 e. The molecular formula is C17H21ClN4O2. The number of carbonyl (C=O) groups excluding carboxylic acids is 1. The van der Waals surface area contributed by atoms with Crippen molar-refractivity contribution in [3.8, 4) is 0 Å². The van der Waals surface area contributed by atoms with Gasteiger partial charge in [0.1, 0.15) is 0 Å². The molecule has 2 aromatic rings. The van der Waals surface area contributed by atoms with Crippen LogP contribution in [-0.4, -0.2) is 47.2 Å². The van der Waals surface area contributed by atoms with E-state index in [1.54, 1.807) is 0 Å². The molecule has 0 saturated carbocycles. The number of amides is 1. The molecule has 1 saturated heterocycles. The van der Waals surface area contributed by atoms with E-state index >= 15 is 0 Å². The molecule has 2 heterocycles. The van der Waals surface area contributed by atoms with Gasteiger partial charge in [-0.2, -0.15) is 5.10 Å². The molecule has 0 spiro atoms. The minimum Gasteiger partial charge on any atom is -0.371 e. The van der Waals surface area contributed by atoms with Crippen LogP contribution in [-0.2, 0) is 9.53 Å². The van der Waals surface area contributed by atoms with Gasteiger partial charge in [-0.15, -0.1) is 0 Å². The lowest BCUT2D eigenvalue weighted by Gasteiger charge is -2.33. The van der Waals surface area contributed by atoms with Crippen LogP contribution >= 0.6 is 11.6 Å². The zero-order valence-electron chi connectivity index (χ0n) is 13.8. The van der Waals surface area contributed by atoms with Crippen molar-refractivity contribution in [3.63, 3.8) is 0 Å². The van der Waals surface area contributed by atoms with Crippen molar-refractivity contribution in [2.45, 2.75) is 20.0 Å². The number of aromatic amines is 1. The molecule has 3 rings (SSSR count). The topological polar surface area (TPSA) is 70.2 Å². The summed E-state index contributed by atoms with van der Waals surface area (Å²) >= 11 is 6.25. The summed E-state index contributed by atoms with van der Waals surface area (Å²) in [4.78, 5) is 14.4. The van der Waals surface area contributed by atoms with E-state index in [1.165, 1.54) is 0 Å². The number of aromatic nitrogens is 2. The highest BCUT2D eigenvalue weighted by Crippen LogP contribution is 2.28. The van der Waals surface area contributed by atoms with Gasteiger partial charge in [-0.1, -0.05) is 29.8 Å². The second-order valence-electron chi connectivity index (χ2n) is 5.97. The number of anilines is 1. The van der Waals surface area contributed by atoms with Crippen LogP contribution in [0.1, 0.15) is 23.1 Å². The van der Waals surface area contributed by atoms with Crippen molar-refractivity contribution >= 4 is 23.2 Å². The number of rotatable bonds is 4. The summed E-state index contributed by atoms with van der Waals surface area (Å²) in [5, 5.41) is 10.6. The molecule has 0 aliphatic carbocycles. The predicted octanol–water partition coefficient (Wildman–Crippen LogP) is 2.69. The van der Waals surface area contributed by atoms with Gasteiger partial charge in [-0.25, -0.2) is 0 Å². The van der Waals surface area contributed by atoms with Gasteiger partial charge in [-0.05, 0) is 19.9 Å². The fourth-order valence-electron chi connectivity index (χ4n) is 2.89. The van der Waals surface area contributed by atoms with Gasteiger partial charge in [0.2, 0.25) is 5.91 Å². The van der Waals surface area contributed by atoms with E-state index < -0.39 is 0 Å². The summed E-state index contributed by atoms with van der Waals surface area (Å²) in [6, 6.07) is 7.67. The number of ether oxygens (including phenoxy) is 1. The Bertz CT molecular complexity index is 712. The van der Waals surface area contributed by atoms with Gasteiger partial charge in [0.05, 0.1) is 36.3 Å². The predicted molar refractivity (Wildman–Crippen MR) is 93.3 cm³/mol. The number of hydrogen-bond donors (Lipinski definition) is 2. The van der Waals surface area contributed by atoms with Gasteiger partial charge in [-0.3, -0.25) is 14.8 Å². The van der Waals surface area contributed by atoms with E-state index in [1.807, 2.05) is 38.1 Å². The third-order valence-electron chi connectivity index (χ3n) is 4.16. The first-order valence-corrected chi connectivity index (χ1v) is 8.32. The Morgan fingerprint density at radius 1 is 1.46 bits per heavy atom. The second-order valence-corrected chi connectivity index (χ2v) is 6.38. The van der Waals surface area contributed by atoms with Crippen LogP contribution in [0.15, 0.2) is 24.3 Å². The highest BCUT2D eigenvalue weighted by Gasteiger charge is 2.25. The van der Waals surface area contributed by atoms with Gasteiger partial charge in [0.15, 0.2) is 0 Å². The first-order valence-electron chi connectivity index (χ1n) is 7.94. The Morgan fingerprint density at radius 3 is 2.96 bits per heavy atom. The van der Waals surface area contributed by atoms with Crippen molar-refractivity contribution in [2.24, 2.45) is 0 Å². The molecule has 7 heteroatoms. The molecule has 0 unspecified atom stereocenters. The van der Waals surface area contributed by atoms with Crippen molar-refractivity contribution < 1.29 is 9.53 Å². The van der Waals surface area contributed by atoms with Crippen LogP contribution in [0, 0.1) is 13.8 Å². The Hall–Kier alpha value is -1.89. The van der Waals surface area contributed by atoms with Gasteiger partial charge < -0.3 is 10.1 Å². The standard InChI is InChI=1S/C17H21ClN4O2/c1-11-17(12(2)21-20-11)19-16(23)10-22-7-8-24-15(9-22)13-5-3-4-6-14(13)18/h3-6,15H,7-10H2,1-2H3,(H,19,23)(H,20,21)/t15-/m1/s1. The first-order chi connectivity index (χ1) is 11.5. The number of benzene rings is 1. The van der Waals surface area contributed by atoms with Crippen molar-refractivity contribution in [1.82, 2.24) is 15.1 Å². The Balaban J connectivity index is 1.61. The lowest BCUT2D eigenvalue weighted by atomic mass is 10.1. The number of carbonyl (C=O) groups is 1. The summed E-state index contributed by atoms with van der Waals surface area (Å²) in [6.45, 7) is 6.00. The largest absolute Gasteiger partial charge is 0.371 e. The highest BCUT2D eigenvalue weighted by atomic mass is 35.5. The van der Waals surface area contributed by atoms with E-state index in [4.69, 9.17) is 16.3 Å². The third-order valence-corrected chi connectivity index (χ3v) is 4.51. The fourth-order valence-corrected chi connectivity index (χ4v) is 3.15. The second kappa shape index (κ2) is 7.34. The zero-order valence-corrected chi connectivity index (χ0v) is 14.6. The quantitative estimate of drug-likeness (QED) is 0.891. The SMILES string of the molecule is Cc1n[nH]c(C)c1NC(=O)CN1CCO[C@@H](c2ccccc2Cl)C1. The summed E-state index contributed by atoms with van der Waals surface area (Å²) < 4.78 is 5.83. The Kier molecular flexibility index (Phi) is 5.18. The Morgan fingerprint density at radius 2 is 2.25 bits per heavy atom. The molecule has 0 bridgehead atoms. The van der Waals surface area contributed by atoms with E-state index in [-0.39, 0.29) is 12.0 Å². The number of nitrogens with zero attached hydrogens (tertiary/aromatic N) is 2. The molecule has 2 N–H and O–H groups in total. The molecule has 1 fully saturated rings. The molecule has 1 aliphatic rings. The summed E-state index contributed by atoms with van der Waals surface area (Å²) in [5.74, 6) is -0.0533. The number of morpholine rings is 1. The van der Waals surface area contributed by atoms with Crippen LogP contribution in [0.25, 0.3) is 0 Å². The molecular weight excluding hydrogens is 328 g/mol. The number of nitrogens with one attached hydrogen (secondary N) is 2. The zero-order chi connectivity index (χ0) is 17.1. The van der Waals surface area contributed by atoms with E-state index in [2.05, 4.69) is 20.4 Å². The summed E-state index contributed by atoms with van der Waals surface area (Å²) in [7, 11) is 0. The number of H-pyrrole nitrogens is 1. The first kappa shape index (κ1) is 17.0. The normalized spacial score (nSPS) is 18.5. The van der Waals surface area contributed by atoms with Crippen molar-refractivity contribution in [3.05, 3.63) is 46.2 Å². The monoisotopic (exact) mass is 348 g/mol. The smallest absolute Gasteiger partial charge is 0.238 e. The number of halogens is 1. The maximum atomic E-state index is 12.3. The number of hydrogen-bond acceptors (Lipinski definition) is 4. The number of aryl methyl sites for hydroxylation is 2. The van der Waals surface area contributed by atoms with Gasteiger partial charge in [0, 0.05) is 23.7 Å². The molecule has 0 radical (unpaired) electrons. The average molecular weight is 349 g/mol. The molecule has 1 atom stereocenters. The summed E-state index contributed by atoms with van der Waals surface area (Å²) in [5.41, 5.74) is 3.37. The van der Waals surface area contributed by atoms with E-state index in [0.717, 1.165) is 29.2 Å². The van der Waals surface area contributed by atoms with Crippen molar-refractivity contribution in [1.29, 1.82) is 0 Å². The molecule has 128 valence electrons. The molecule has 1 aromatic carbocycles. The highest BCUT2D eigenvalue weighted by molar-refractivity contribution is 6.31. The minimum atomic E-state index is -0.113. The molecule has 1 amide bonds. The van der Waals surface area contributed by atoms with Crippen LogP contribution < -0.4 is 5.32 Å². The van der Waals surface area contributed by atoms with E-state index in [0.29, 0.717) is 24.7 Å². The minimum absolute atomic E-state index is 0.0533. The summed E-state index contributed by atoms with van der Waals surface area (Å²) in [6.07, 6.45) is -0.113. The van der Waals surface area contributed by atoms with Gasteiger partial charge in [0.25, 0.3) is 0 Å². The lowest BCUT2D eigenvalue weighted by Crippen LogP contribution is -2.42. The van der Waals surface area contributed by atoms with Crippen LogP contribution in [0.2, 0.25) is 5.02 Å². The lowest BCUT2D eigenvalue weighted by molar-refractivity contribution is -0.119. The van der Waals surface area contributed by atoms with E-state index in [9.17, 15) is 4.79 Å². The third kappa shape index (κ3) is 3.77. The van der Waals surface area contributed by atoms with Gasteiger partial charge >= 0.3 is 0 Å². The van der Waals surface area contributed by atoms with Crippen LogP contribution in [0.3, 0.4) is 0 Å². The van der Waals surface area contributed by atoms with Crippen molar-refractivity contribution in [2.75, 3.05) is 31.6 Å². The van der Waals surface area contributed by atoms with Crippen LogP contribution in [0.5, 0.6) is 0 Å².